The zero-order chi connectivity index (χ0) is 14.5. The third-order valence-corrected chi connectivity index (χ3v) is 2.72. The standard InChI is InChI=1S/C15H9N5/c16-7-10-1-4-14(19)15(5-10)20-13-3-2-11(8-17)12(6-13)9-18/h1-6,20H,19H2. The molecule has 0 spiro atoms. The molecule has 2 aromatic rings. The average molecular weight is 259 g/mol. The third-order valence-electron chi connectivity index (χ3n) is 2.72. The van der Waals surface area contributed by atoms with Crippen LogP contribution in [0.15, 0.2) is 36.4 Å². The largest absolute Gasteiger partial charge is 0.397 e. The number of nitrogens with two attached hydrogens (primary N) is 1. The Kier molecular flexibility index (Phi) is 3.52. The Labute approximate surface area is 116 Å². The molecular weight excluding hydrogens is 250 g/mol. The molecule has 0 saturated heterocycles. The molecule has 0 bridgehead atoms. The van der Waals surface area contributed by atoms with Crippen LogP contribution in [0, 0.1) is 34.0 Å². The topological polar surface area (TPSA) is 109 Å². The maximum atomic E-state index is 8.98. The van der Waals surface area contributed by atoms with E-state index in [0.29, 0.717) is 28.2 Å². The monoisotopic (exact) mass is 259 g/mol. The average Bonchev–Trinajstić information content (AvgIpc) is 2.49. The van der Waals surface area contributed by atoms with E-state index in [1.165, 1.54) is 0 Å². The molecule has 94 valence electrons. The summed E-state index contributed by atoms with van der Waals surface area (Å²) < 4.78 is 0. The fourth-order valence-corrected chi connectivity index (χ4v) is 1.70. The minimum atomic E-state index is 0.285. The van der Waals surface area contributed by atoms with Gasteiger partial charge in [0.15, 0.2) is 0 Å². The number of hydrogen-bond acceptors (Lipinski definition) is 5. The molecule has 2 rings (SSSR count). The maximum absolute atomic E-state index is 8.98. The van der Waals surface area contributed by atoms with Crippen LogP contribution in [-0.4, -0.2) is 0 Å². The summed E-state index contributed by atoms with van der Waals surface area (Å²) in [6, 6.07) is 15.6. The molecule has 0 aromatic heterocycles. The van der Waals surface area contributed by atoms with Crippen LogP contribution in [-0.2, 0) is 0 Å². The number of nitrogen functional groups attached to an aromatic ring is 1. The second-order valence-electron chi connectivity index (χ2n) is 4.02. The molecule has 5 nitrogen and oxygen atoms in total. The molecule has 0 amide bonds. The van der Waals surface area contributed by atoms with E-state index in [1.54, 1.807) is 36.4 Å². The predicted octanol–water partition coefficient (Wildman–Crippen LogP) is 2.63. The zero-order valence-electron chi connectivity index (χ0n) is 10.4. The van der Waals surface area contributed by atoms with E-state index in [4.69, 9.17) is 21.5 Å². The Morgan fingerprint density at radius 3 is 2.25 bits per heavy atom. The van der Waals surface area contributed by atoms with Gasteiger partial charge in [0.1, 0.15) is 12.1 Å². The molecule has 5 heteroatoms. The zero-order valence-corrected chi connectivity index (χ0v) is 10.4. The van der Waals surface area contributed by atoms with Gasteiger partial charge >= 0.3 is 0 Å². The van der Waals surface area contributed by atoms with Crippen LogP contribution in [0.25, 0.3) is 0 Å². The molecular formula is C15H9N5. The highest BCUT2D eigenvalue weighted by molar-refractivity contribution is 5.75. The lowest BCUT2D eigenvalue weighted by atomic mass is 10.1. The van der Waals surface area contributed by atoms with E-state index < -0.39 is 0 Å². The summed E-state index contributed by atoms with van der Waals surface area (Å²) in [5.74, 6) is 0. The molecule has 0 aliphatic heterocycles. The van der Waals surface area contributed by atoms with Crippen LogP contribution >= 0.6 is 0 Å². The molecule has 0 aliphatic rings. The van der Waals surface area contributed by atoms with Crippen molar-refractivity contribution in [1.82, 2.24) is 0 Å². The summed E-state index contributed by atoms with van der Waals surface area (Å²) in [7, 11) is 0. The molecule has 0 radical (unpaired) electrons. The van der Waals surface area contributed by atoms with Crippen LogP contribution in [0.1, 0.15) is 16.7 Å². The molecule has 0 heterocycles. The van der Waals surface area contributed by atoms with Crippen molar-refractivity contribution in [2.45, 2.75) is 0 Å². The first kappa shape index (κ1) is 13.0. The van der Waals surface area contributed by atoms with Crippen molar-refractivity contribution in [2.24, 2.45) is 0 Å². The maximum Gasteiger partial charge on any atom is 0.101 e. The van der Waals surface area contributed by atoms with Gasteiger partial charge in [0.2, 0.25) is 0 Å². The Morgan fingerprint density at radius 1 is 0.850 bits per heavy atom. The number of nitriles is 3. The minimum Gasteiger partial charge on any atom is -0.397 e. The van der Waals surface area contributed by atoms with Crippen molar-refractivity contribution in [1.29, 1.82) is 15.8 Å². The van der Waals surface area contributed by atoms with Crippen LogP contribution in [0.2, 0.25) is 0 Å². The van der Waals surface area contributed by atoms with Gasteiger partial charge in [-0.25, -0.2) is 0 Å². The summed E-state index contributed by atoms with van der Waals surface area (Å²) in [6.07, 6.45) is 0. The first-order valence-corrected chi connectivity index (χ1v) is 5.69. The lowest BCUT2D eigenvalue weighted by Crippen LogP contribution is -1.98. The van der Waals surface area contributed by atoms with Gasteiger partial charge in [-0.2, -0.15) is 15.8 Å². The van der Waals surface area contributed by atoms with E-state index >= 15 is 0 Å². The number of nitrogens with zero attached hydrogens (tertiary/aromatic N) is 3. The van der Waals surface area contributed by atoms with E-state index in [-0.39, 0.29) is 5.56 Å². The number of nitrogens with one attached hydrogen (secondary N) is 1. The first-order chi connectivity index (χ1) is 9.67. The summed E-state index contributed by atoms with van der Waals surface area (Å²) in [5.41, 5.74) is 8.61. The van der Waals surface area contributed by atoms with E-state index in [1.807, 2.05) is 18.2 Å². The Hall–Kier alpha value is -3.49. The second kappa shape index (κ2) is 5.44. The number of benzene rings is 2. The summed E-state index contributed by atoms with van der Waals surface area (Å²) in [5, 5.41) is 29.8. The van der Waals surface area contributed by atoms with Crippen molar-refractivity contribution in [2.75, 3.05) is 11.1 Å². The minimum absolute atomic E-state index is 0.285. The second-order valence-corrected chi connectivity index (χ2v) is 4.02. The first-order valence-electron chi connectivity index (χ1n) is 5.69. The van der Waals surface area contributed by atoms with Gasteiger partial charge in [-0.1, -0.05) is 0 Å². The molecule has 0 fully saturated rings. The molecule has 0 aliphatic carbocycles. The Morgan fingerprint density at radius 2 is 1.60 bits per heavy atom. The van der Waals surface area contributed by atoms with Gasteiger partial charge in [0.05, 0.1) is 34.1 Å². The molecule has 3 N–H and O–H groups in total. The highest BCUT2D eigenvalue weighted by Gasteiger charge is 2.05. The summed E-state index contributed by atoms with van der Waals surface area (Å²) in [4.78, 5) is 0. The Bertz CT molecular complexity index is 787. The van der Waals surface area contributed by atoms with Crippen LogP contribution in [0.4, 0.5) is 17.1 Å². The Balaban J connectivity index is 2.39. The third kappa shape index (κ3) is 2.51. The SMILES string of the molecule is N#Cc1ccc(N)c(Nc2ccc(C#N)c(C#N)c2)c1. The van der Waals surface area contributed by atoms with E-state index in [2.05, 4.69) is 5.32 Å². The lowest BCUT2D eigenvalue weighted by molar-refractivity contribution is 1.42. The van der Waals surface area contributed by atoms with Crippen molar-refractivity contribution in [3.63, 3.8) is 0 Å². The number of hydrogen-bond donors (Lipinski definition) is 2. The molecule has 0 unspecified atom stereocenters. The van der Waals surface area contributed by atoms with Gasteiger partial charge in [0, 0.05) is 5.69 Å². The van der Waals surface area contributed by atoms with Gasteiger partial charge in [-0.05, 0) is 36.4 Å². The van der Waals surface area contributed by atoms with Crippen molar-refractivity contribution < 1.29 is 0 Å². The van der Waals surface area contributed by atoms with E-state index in [9.17, 15) is 0 Å². The quantitative estimate of drug-likeness (QED) is 0.805. The van der Waals surface area contributed by atoms with Crippen LogP contribution < -0.4 is 11.1 Å². The molecule has 2 aromatic carbocycles. The number of rotatable bonds is 2. The molecule has 20 heavy (non-hydrogen) atoms. The van der Waals surface area contributed by atoms with Crippen LogP contribution in [0.3, 0.4) is 0 Å². The van der Waals surface area contributed by atoms with Crippen LogP contribution in [0.5, 0.6) is 0 Å². The lowest BCUT2D eigenvalue weighted by Gasteiger charge is -2.10. The van der Waals surface area contributed by atoms with Crippen molar-refractivity contribution in [3.8, 4) is 18.2 Å². The van der Waals surface area contributed by atoms with Gasteiger partial charge < -0.3 is 11.1 Å². The molecule has 0 atom stereocenters. The fraction of sp³-hybridized carbons (Fsp3) is 0. The van der Waals surface area contributed by atoms with Crippen molar-refractivity contribution >= 4 is 17.1 Å². The smallest absolute Gasteiger partial charge is 0.101 e. The highest BCUT2D eigenvalue weighted by atomic mass is 14.9. The normalized spacial score (nSPS) is 9.05. The van der Waals surface area contributed by atoms with Gasteiger partial charge in [-0.15, -0.1) is 0 Å². The summed E-state index contributed by atoms with van der Waals surface area (Å²) in [6.45, 7) is 0. The van der Waals surface area contributed by atoms with E-state index in [0.717, 1.165) is 0 Å². The fourth-order valence-electron chi connectivity index (χ4n) is 1.70. The summed E-state index contributed by atoms with van der Waals surface area (Å²) >= 11 is 0. The van der Waals surface area contributed by atoms with Gasteiger partial charge in [-0.3, -0.25) is 0 Å². The van der Waals surface area contributed by atoms with Gasteiger partial charge in [0.25, 0.3) is 0 Å². The predicted molar refractivity (Wildman–Crippen MR) is 74.7 cm³/mol. The van der Waals surface area contributed by atoms with Crippen molar-refractivity contribution in [3.05, 3.63) is 53.1 Å². The molecule has 0 saturated carbocycles. The highest BCUT2D eigenvalue weighted by Crippen LogP contribution is 2.25. The number of anilines is 3.